The summed E-state index contributed by atoms with van der Waals surface area (Å²) in [6.45, 7) is 9.32. The third-order valence-electron chi connectivity index (χ3n) is 7.46. The van der Waals surface area contributed by atoms with E-state index >= 15 is 0 Å². The zero-order valence-corrected chi connectivity index (χ0v) is 23.9. The lowest BCUT2D eigenvalue weighted by Gasteiger charge is -2.36. The second kappa shape index (κ2) is 11.8. The second-order valence-corrected chi connectivity index (χ2v) is 12.4. The van der Waals surface area contributed by atoms with E-state index in [2.05, 4.69) is 57.8 Å². The highest BCUT2D eigenvalue weighted by Crippen LogP contribution is 2.32. The number of aliphatic imine (C=N–C) groups is 1. The van der Waals surface area contributed by atoms with Gasteiger partial charge in [0.15, 0.2) is 0 Å². The van der Waals surface area contributed by atoms with E-state index in [0.717, 1.165) is 16.5 Å². The summed E-state index contributed by atoms with van der Waals surface area (Å²) in [5.74, 6) is 0.949. The molecule has 1 saturated carbocycles. The van der Waals surface area contributed by atoms with Gasteiger partial charge in [-0.2, -0.15) is 0 Å². The molecule has 9 nitrogen and oxygen atoms in total. The predicted octanol–water partition coefficient (Wildman–Crippen LogP) is 3.01. The smallest absolute Gasteiger partial charge is 0.243 e. The van der Waals surface area contributed by atoms with Crippen LogP contribution in [0.15, 0.2) is 33.7 Å². The minimum absolute atomic E-state index is 0.0319. The number of likely N-dealkylation sites (tertiary alicyclic amines) is 1. The third kappa shape index (κ3) is 6.90. The summed E-state index contributed by atoms with van der Waals surface area (Å²) in [4.78, 5) is 39.3. The first-order valence-electron chi connectivity index (χ1n) is 13.4. The molecule has 2 fully saturated rings. The fraction of sp³-hybridized carbons (Fsp3) is 0.667. The van der Waals surface area contributed by atoms with Gasteiger partial charge in [0.05, 0.1) is 12.1 Å². The van der Waals surface area contributed by atoms with Crippen LogP contribution in [0.4, 0.5) is 0 Å². The van der Waals surface area contributed by atoms with E-state index in [4.69, 9.17) is 10.6 Å². The van der Waals surface area contributed by atoms with Crippen molar-refractivity contribution in [2.45, 2.75) is 90.2 Å². The molecule has 1 saturated heterocycles. The van der Waals surface area contributed by atoms with Crippen molar-refractivity contribution in [3.63, 3.8) is 0 Å². The summed E-state index contributed by atoms with van der Waals surface area (Å²) in [6.07, 6.45) is 3.93. The number of nitrogens with two attached hydrogens (primary N) is 1. The van der Waals surface area contributed by atoms with Crippen LogP contribution in [0, 0.1) is 11.3 Å². The van der Waals surface area contributed by atoms with Gasteiger partial charge >= 0.3 is 0 Å². The molecule has 2 aliphatic heterocycles. The van der Waals surface area contributed by atoms with Gasteiger partial charge in [-0.3, -0.25) is 9.59 Å². The number of amides is 2. The fourth-order valence-corrected chi connectivity index (χ4v) is 5.49. The van der Waals surface area contributed by atoms with E-state index in [1.165, 1.54) is 12.8 Å². The van der Waals surface area contributed by atoms with Gasteiger partial charge in [-0.05, 0) is 55.6 Å². The van der Waals surface area contributed by atoms with Gasteiger partial charge in [0.25, 0.3) is 0 Å². The SMILES string of the molecule is CCC(NC(=O)[C@@H]1CCCN1C(=O)[C@@H](NCC(N)C1CC1)C(C)(C)C)C1=NC(c2cccc(Br)c2)ON1. The Morgan fingerprint density at radius 2 is 2.05 bits per heavy atom. The summed E-state index contributed by atoms with van der Waals surface area (Å²) in [6, 6.07) is 6.59. The van der Waals surface area contributed by atoms with Crippen LogP contribution in [0.2, 0.25) is 0 Å². The molecule has 0 spiro atoms. The molecule has 4 rings (SSSR count). The number of halogens is 1. The van der Waals surface area contributed by atoms with Gasteiger partial charge in [0.1, 0.15) is 11.9 Å². The Kier molecular flexibility index (Phi) is 8.93. The number of hydrogen-bond acceptors (Lipinski definition) is 7. The summed E-state index contributed by atoms with van der Waals surface area (Å²) < 4.78 is 0.946. The van der Waals surface area contributed by atoms with Crippen molar-refractivity contribution in [2.24, 2.45) is 22.1 Å². The lowest BCUT2D eigenvalue weighted by molar-refractivity contribution is -0.142. The molecule has 2 amide bonds. The highest BCUT2D eigenvalue weighted by molar-refractivity contribution is 9.10. The lowest BCUT2D eigenvalue weighted by Crippen LogP contribution is -2.59. The number of rotatable bonds is 10. The molecule has 5 N–H and O–H groups in total. The molecule has 3 aliphatic rings. The Labute approximate surface area is 228 Å². The number of benzene rings is 1. The zero-order chi connectivity index (χ0) is 26.7. The maximum Gasteiger partial charge on any atom is 0.243 e. The Balaban J connectivity index is 1.41. The van der Waals surface area contributed by atoms with Crippen LogP contribution in [0.3, 0.4) is 0 Å². The summed E-state index contributed by atoms with van der Waals surface area (Å²) in [7, 11) is 0. The van der Waals surface area contributed by atoms with Crippen molar-refractivity contribution in [1.29, 1.82) is 0 Å². The average Bonchev–Trinajstić information content (AvgIpc) is 3.37. The summed E-state index contributed by atoms with van der Waals surface area (Å²) >= 11 is 3.48. The first-order valence-corrected chi connectivity index (χ1v) is 14.2. The van der Waals surface area contributed by atoms with Crippen LogP contribution < -0.4 is 21.8 Å². The number of hydrogen-bond donors (Lipinski definition) is 4. The molecule has 0 radical (unpaired) electrons. The molecule has 10 heteroatoms. The number of carbonyl (C=O) groups excluding carboxylic acids is 2. The summed E-state index contributed by atoms with van der Waals surface area (Å²) in [5, 5.41) is 6.56. The monoisotopic (exact) mass is 576 g/mol. The number of hydroxylamine groups is 1. The largest absolute Gasteiger partial charge is 0.344 e. The van der Waals surface area contributed by atoms with Crippen LogP contribution in [-0.4, -0.2) is 59.8 Å². The first-order chi connectivity index (χ1) is 17.6. The molecule has 1 aliphatic carbocycles. The number of carbonyl (C=O) groups is 2. The second-order valence-electron chi connectivity index (χ2n) is 11.5. The van der Waals surface area contributed by atoms with Crippen molar-refractivity contribution in [3.05, 3.63) is 34.3 Å². The van der Waals surface area contributed by atoms with Crippen LogP contribution in [0.1, 0.15) is 71.6 Å². The van der Waals surface area contributed by atoms with Crippen molar-refractivity contribution in [3.8, 4) is 0 Å². The van der Waals surface area contributed by atoms with Gasteiger partial charge < -0.3 is 21.3 Å². The van der Waals surface area contributed by atoms with E-state index in [-0.39, 0.29) is 29.3 Å². The first kappa shape index (κ1) is 28.0. The highest BCUT2D eigenvalue weighted by Gasteiger charge is 2.42. The normalized spacial score (nSPS) is 24.3. The van der Waals surface area contributed by atoms with Crippen LogP contribution in [0.25, 0.3) is 0 Å². The van der Waals surface area contributed by atoms with Crippen LogP contribution in [0.5, 0.6) is 0 Å². The van der Waals surface area contributed by atoms with Gasteiger partial charge in [0, 0.05) is 29.2 Å². The predicted molar refractivity (Wildman–Crippen MR) is 147 cm³/mol. The minimum Gasteiger partial charge on any atom is -0.344 e. The topological polar surface area (TPSA) is 121 Å². The molecule has 5 atom stereocenters. The molecular weight excluding hydrogens is 536 g/mol. The standard InChI is InChI=1S/C27H41BrN6O3/c1-5-20(23-32-25(37-33-23)17-8-6-9-18(28)14-17)31-24(35)21-10-7-13-34(21)26(36)22(27(2,3)4)30-15-19(29)16-11-12-16/h6,8-9,14,16,19-22,25,30H,5,7,10-13,15,29H2,1-4H3,(H,31,35)(H,32,33)/t19?,20?,21-,22+,25?/m0/s1. The van der Waals surface area contributed by atoms with Gasteiger partial charge in [-0.25, -0.2) is 15.3 Å². The minimum atomic E-state index is -0.505. The Morgan fingerprint density at radius 3 is 2.70 bits per heavy atom. The molecule has 1 aromatic rings. The van der Waals surface area contributed by atoms with E-state index in [9.17, 15) is 9.59 Å². The molecule has 0 bridgehead atoms. The molecule has 2 heterocycles. The van der Waals surface area contributed by atoms with Gasteiger partial charge in [-0.15, -0.1) is 0 Å². The quantitative estimate of drug-likeness (QED) is 0.340. The Hall–Kier alpha value is -2.01. The van der Waals surface area contributed by atoms with Crippen LogP contribution >= 0.6 is 15.9 Å². The van der Waals surface area contributed by atoms with Crippen molar-refractivity contribution in [2.75, 3.05) is 13.1 Å². The van der Waals surface area contributed by atoms with Crippen molar-refractivity contribution in [1.82, 2.24) is 21.0 Å². The molecule has 37 heavy (non-hydrogen) atoms. The Bertz CT molecular complexity index is 1010. The van der Waals surface area contributed by atoms with E-state index in [1.54, 1.807) is 4.90 Å². The Morgan fingerprint density at radius 1 is 1.30 bits per heavy atom. The maximum atomic E-state index is 13.7. The lowest BCUT2D eigenvalue weighted by atomic mass is 9.85. The highest BCUT2D eigenvalue weighted by atomic mass is 79.9. The van der Waals surface area contributed by atoms with Crippen molar-refractivity contribution < 1.29 is 14.4 Å². The van der Waals surface area contributed by atoms with Gasteiger partial charge in [0.2, 0.25) is 18.0 Å². The molecular formula is C27H41BrN6O3. The van der Waals surface area contributed by atoms with Crippen molar-refractivity contribution >= 4 is 33.6 Å². The molecule has 0 aromatic heterocycles. The zero-order valence-electron chi connectivity index (χ0n) is 22.3. The molecule has 204 valence electrons. The molecule has 3 unspecified atom stereocenters. The summed E-state index contributed by atoms with van der Waals surface area (Å²) in [5.41, 5.74) is 9.81. The van der Waals surface area contributed by atoms with E-state index < -0.39 is 18.3 Å². The fourth-order valence-electron chi connectivity index (χ4n) is 5.07. The number of amidine groups is 1. The van der Waals surface area contributed by atoms with Gasteiger partial charge in [-0.1, -0.05) is 55.8 Å². The number of nitrogens with zero attached hydrogens (tertiary/aromatic N) is 2. The average molecular weight is 578 g/mol. The van der Waals surface area contributed by atoms with E-state index in [1.807, 2.05) is 31.2 Å². The maximum absolute atomic E-state index is 13.7. The number of nitrogens with one attached hydrogen (secondary N) is 3. The molecule has 1 aromatic carbocycles. The third-order valence-corrected chi connectivity index (χ3v) is 7.95. The van der Waals surface area contributed by atoms with E-state index in [0.29, 0.717) is 37.7 Å². The van der Waals surface area contributed by atoms with Crippen LogP contribution in [-0.2, 0) is 14.4 Å².